The molecule has 1 amide bonds. The van der Waals surface area contributed by atoms with Crippen LogP contribution in [0.5, 0.6) is 0 Å². The van der Waals surface area contributed by atoms with E-state index in [1.54, 1.807) is 0 Å². The van der Waals surface area contributed by atoms with Crippen LogP contribution in [0.1, 0.15) is 13.8 Å². The van der Waals surface area contributed by atoms with Crippen LogP contribution in [0, 0.1) is 0 Å². The van der Waals surface area contributed by atoms with Crippen molar-refractivity contribution in [2.75, 3.05) is 13.6 Å². The number of nitrogens with one attached hydrogen (secondary N) is 1. The largest absolute Gasteiger partial charge is 0.298 e. The van der Waals surface area contributed by atoms with Gasteiger partial charge in [-0.3, -0.25) is 13.2 Å². The maximum absolute atomic E-state index is 10.8. The maximum atomic E-state index is 10.8. The van der Waals surface area contributed by atoms with Crippen LogP contribution in [0.15, 0.2) is 0 Å². The molecule has 0 unspecified atom stereocenters. The van der Waals surface area contributed by atoms with E-state index in [9.17, 15) is 4.79 Å². The quantitative estimate of drug-likeness (QED) is 0.598. The van der Waals surface area contributed by atoms with Crippen LogP contribution >= 0.6 is 22.9 Å². The highest BCUT2D eigenvalue weighted by atomic mass is 127. The fourth-order valence-corrected chi connectivity index (χ4v) is 0.610. The molecule has 4 heteroatoms. The molecule has 0 aromatic heterocycles. The summed E-state index contributed by atoms with van der Waals surface area (Å²) >= 11 is 1.84. The maximum Gasteiger partial charge on any atom is 0.242 e. The van der Waals surface area contributed by atoms with E-state index in [0.717, 1.165) is 0 Å². The number of rotatable bonds is 3. The predicted octanol–water partition coefficient (Wildman–Crippen LogP) is 0.793. The minimum absolute atomic E-state index is 0.0526. The SMILES string of the molecule is CC(C)N(C)CC(=O)NI. The monoisotopic (exact) mass is 256 g/mol. The first-order valence-corrected chi connectivity index (χ1v) is 4.25. The molecule has 0 heterocycles. The molecule has 0 aliphatic rings. The number of hydrogen-bond acceptors (Lipinski definition) is 2. The van der Waals surface area contributed by atoms with Crippen molar-refractivity contribution < 1.29 is 4.79 Å². The van der Waals surface area contributed by atoms with Crippen molar-refractivity contribution in [3.05, 3.63) is 0 Å². The highest BCUT2D eigenvalue weighted by Crippen LogP contribution is 1.91. The lowest BCUT2D eigenvalue weighted by atomic mass is 10.3. The average molecular weight is 256 g/mol. The first-order valence-electron chi connectivity index (χ1n) is 3.17. The summed E-state index contributed by atoms with van der Waals surface area (Å²) < 4.78 is 2.54. The summed E-state index contributed by atoms with van der Waals surface area (Å²) in [6, 6.07) is 0.425. The van der Waals surface area contributed by atoms with Gasteiger partial charge in [0.2, 0.25) is 5.91 Å². The third-order valence-electron chi connectivity index (χ3n) is 1.38. The molecule has 0 aromatic carbocycles. The van der Waals surface area contributed by atoms with Crippen molar-refractivity contribution >= 4 is 28.8 Å². The number of amides is 1. The van der Waals surface area contributed by atoms with Gasteiger partial charge < -0.3 is 0 Å². The normalized spacial score (nSPS) is 10.6. The van der Waals surface area contributed by atoms with E-state index in [-0.39, 0.29) is 5.91 Å². The van der Waals surface area contributed by atoms with Gasteiger partial charge in [-0.1, -0.05) is 0 Å². The van der Waals surface area contributed by atoms with Gasteiger partial charge in [0.25, 0.3) is 0 Å². The fourth-order valence-electron chi connectivity index (χ4n) is 0.439. The van der Waals surface area contributed by atoms with E-state index in [2.05, 4.69) is 17.4 Å². The molecular formula is C6H13IN2O. The Morgan fingerprint density at radius 2 is 2.20 bits per heavy atom. The van der Waals surface area contributed by atoms with E-state index in [1.165, 1.54) is 0 Å². The van der Waals surface area contributed by atoms with Gasteiger partial charge in [0.05, 0.1) is 29.4 Å². The zero-order valence-electron chi connectivity index (χ0n) is 6.52. The summed E-state index contributed by atoms with van der Waals surface area (Å²) in [4.78, 5) is 12.7. The molecular weight excluding hydrogens is 243 g/mol. The molecule has 0 spiro atoms. The number of halogens is 1. The second-order valence-corrected chi connectivity index (χ2v) is 3.07. The van der Waals surface area contributed by atoms with E-state index in [1.807, 2.05) is 34.8 Å². The predicted molar refractivity (Wildman–Crippen MR) is 49.9 cm³/mol. The molecule has 60 valence electrons. The first kappa shape index (κ1) is 10.2. The molecule has 0 aromatic rings. The molecule has 0 aliphatic heterocycles. The average Bonchev–Trinajstić information content (AvgIpc) is 1.87. The van der Waals surface area contributed by atoms with Crippen molar-refractivity contribution in [1.82, 2.24) is 8.43 Å². The second-order valence-electron chi connectivity index (χ2n) is 2.53. The molecule has 0 radical (unpaired) electrons. The molecule has 3 nitrogen and oxygen atoms in total. The Bertz CT molecular complexity index is 116. The highest BCUT2D eigenvalue weighted by Gasteiger charge is 2.06. The molecule has 0 aliphatic carbocycles. The van der Waals surface area contributed by atoms with Gasteiger partial charge in [0.1, 0.15) is 0 Å². The minimum atomic E-state index is 0.0526. The summed E-state index contributed by atoms with van der Waals surface area (Å²) in [5, 5.41) is 0. The van der Waals surface area contributed by atoms with Gasteiger partial charge in [-0.2, -0.15) is 0 Å². The molecule has 10 heavy (non-hydrogen) atoms. The van der Waals surface area contributed by atoms with Gasteiger partial charge in [-0.25, -0.2) is 0 Å². The summed E-state index contributed by atoms with van der Waals surface area (Å²) in [5.41, 5.74) is 0. The molecule has 0 atom stereocenters. The van der Waals surface area contributed by atoms with Crippen LogP contribution in [0.2, 0.25) is 0 Å². The van der Waals surface area contributed by atoms with Crippen molar-refractivity contribution in [2.45, 2.75) is 19.9 Å². The van der Waals surface area contributed by atoms with E-state index >= 15 is 0 Å². The molecule has 0 fully saturated rings. The summed E-state index contributed by atoms with van der Waals surface area (Å²) in [6.45, 7) is 4.58. The number of nitrogens with zero attached hydrogens (tertiary/aromatic N) is 1. The van der Waals surface area contributed by atoms with E-state index in [0.29, 0.717) is 12.6 Å². The molecule has 0 rings (SSSR count). The van der Waals surface area contributed by atoms with Crippen LogP contribution in [0.4, 0.5) is 0 Å². The van der Waals surface area contributed by atoms with Gasteiger partial charge in [-0.15, -0.1) is 0 Å². The lowest BCUT2D eigenvalue weighted by Crippen LogP contribution is -2.35. The van der Waals surface area contributed by atoms with Crippen molar-refractivity contribution in [2.24, 2.45) is 0 Å². The lowest BCUT2D eigenvalue weighted by Gasteiger charge is -2.18. The van der Waals surface area contributed by atoms with E-state index in [4.69, 9.17) is 0 Å². The van der Waals surface area contributed by atoms with Crippen LogP contribution in [0.3, 0.4) is 0 Å². The Labute approximate surface area is 75.7 Å². The number of likely N-dealkylation sites (N-methyl/N-ethyl adjacent to an activating group) is 1. The lowest BCUT2D eigenvalue weighted by molar-refractivity contribution is -0.120. The molecule has 1 N–H and O–H groups in total. The standard InChI is InChI=1S/C6H13IN2O/c1-5(2)9(3)4-6(10)8-7/h5H,4H2,1-3H3,(H,8,10). The Balaban J connectivity index is 3.57. The Kier molecular flexibility index (Phi) is 4.98. The zero-order valence-corrected chi connectivity index (χ0v) is 8.68. The smallest absolute Gasteiger partial charge is 0.242 e. The molecule has 0 saturated carbocycles. The van der Waals surface area contributed by atoms with Crippen molar-refractivity contribution in [1.29, 1.82) is 0 Å². The van der Waals surface area contributed by atoms with E-state index < -0.39 is 0 Å². The van der Waals surface area contributed by atoms with Crippen LogP contribution in [-0.2, 0) is 4.79 Å². The third-order valence-corrected chi connectivity index (χ3v) is 1.98. The third kappa shape index (κ3) is 4.05. The number of hydrogen-bond donors (Lipinski definition) is 1. The molecule has 0 bridgehead atoms. The van der Waals surface area contributed by atoms with Gasteiger partial charge >= 0.3 is 0 Å². The van der Waals surface area contributed by atoms with Gasteiger partial charge in [0, 0.05) is 6.04 Å². The molecule has 0 saturated heterocycles. The summed E-state index contributed by atoms with van der Waals surface area (Å²) in [5.74, 6) is 0.0526. The van der Waals surface area contributed by atoms with Gasteiger partial charge in [0.15, 0.2) is 0 Å². The van der Waals surface area contributed by atoms with Crippen LogP contribution < -0.4 is 3.53 Å². The second kappa shape index (κ2) is 4.90. The first-order chi connectivity index (χ1) is 4.57. The van der Waals surface area contributed by atoms with Crippen molar-refractivity contribution in [3.8, 4) is 0 Å². The minimum Gasteiger partial charge on any atom is -0.298 e. The van der Waals surface area contributed by atoms with Crippen LogP contribution in [0.25, 0.3) is 0 Å². The van der Waals surface area contributed by atoms with Gasteiger partial charge in [-0.05, 0) is 20.9 Å². The summed E-state index contributed by atoms with van der Waals surface area (Å²) in [6.07, 6.45) is 0. The Morgan fingerprint density at radius 3 is 2.50 bits per heavy atom. The Hall–Kier alpha value is 0.160. The zero-order chi connectivity index (χ0) is 8.15. The van der Waals surface area contributed by atoms with Crippen LogP contribution in [-0.4, -0.2) is 30.4 Å². The Morgan fingerprint density at radius 1 is 1.70 bits per heavy atom. The number of carbonyl (C=O) groups excluding carboxylic acids is 1. The van der Waals surface area contributed by atoms with Crippen molar-refractivity contribution in [3.63, 3.8) is 0 Å². The summed E-state index contributed by atoms with van der Waals surface area (Å²) in [7, 11) is 1.93. The fraction of sp³-hybridized carbons (Fsp3) is 0.833. The highest BCUT2D eigenvalue weighted by molar-refractivity contribution is 14.1. The topological polar surface area (TPSA) is 32.3 Å². The number of carbonyl (C=O) groups is 1.